The summed E-state index contributed by atoms with van der Waals surface area (Å²) in [5.41, 5.74) is 1.51. The van der Waals surface area contributed by atoms with Gasteiger partial charge in [-0.2, -0.15) is 11.3 Å². The third-order valence-corrected chi connectivity index (χ3v) is 2.93. The van der Waals surface area contributed by atoms with Crippen molar-refractivity contribution in [2.24, 2.45) is 0 Å². The molecule has 1 aromatic heterocycles. The zero-order valence-electron chi connectivity index (χ0n) is 6.49. The predicted molar refractivity (Wildman–Crippen MR) is 50.1 cm³/mol. The minimum absolute atomic E-state index is 0.718. The number of hydrogen-bond acceptors (Lipinski definition) is 1. The van der Waals surface area contributed by atoms with Crippen molar-refractivity contribution in [1.82, 2.24) is 0 Å². The van der Waals surface area contributed by atoms with Crippen LogP contribution in [-0.4, -0.2) is 0 Å². The second kappa shape index (κ2) is 3.22. The Balaban J connectivity index is 2.16. The molecular weight excluding hydrogens is 152 g/mol. The van der Waals surface area contributed by atoms with Gasteiger partial charge in [-0.3, -0.25) is 0 Å². The van der Waals surface area contributed by atoms with Crippen LogP contribution < -0.4 is 0 Å². The van der Waals surface area contributed by atoms with Crippen LogP contribution in [0, 0.1) is 0 Å². The molecule has 0 nitrogen and oxygen atoms in total. The fourth-order valence-electron chi connectivity index (χ4n) is 1.58. The standard InChI is InChI=1S/C10H12S/c1-2-4-9(5-3-1)10-6-7-11-8-10/h2,4,6-9H,1,3,5H2. The normalized spacial score (nSPS) is 23.8. The van der Waals surface area contributed by atoms with Gasteiger partial charge in [0, 0.05) is 5.92 Å². The van der Waals surface area contributed by atoms with Gasteiger partial charge in [-0.05, 0) is 41.7 Å². The Hall–Kier alpha value is -0.560. The predicted octanol–water partition coefficient (Wildman–Crippen LogP) is 3.57. The SMILES string of the molecule is C1=CC(c2ccsc2)CCC1. The highest BCUT2D eigenvalue weighted by molar-refractivity contribution is 7.07. The van der Waals surface area contributed by atoms with E-state index in [0.717, 1.165) is 5.92 Å². The van der Waals surface area contributed by atoms with E-state index in [2.05, 4.69) is 29.0 Å². The van der Waals surface area contributed by atoms with Crippen molar-refractivity contribution in [2.75, 3.05) is 0 Å². The van der Waals surface area contributed by atoms with Gasteiger partial charge in [0.05, 0.1) is 0 Å². The van der Waals surface area contributed by atoms with Crippen LogP contribution in [0.4, 0.5) is 0 Å². The van der Waals surface area contributed by atoms with Crippen molar-refractivity contribution in [2.45, 2.75) is 25.2 Å². The topological polar surface area (TPSA) is 0 Å². The van der Waals surface area contributed by atoms with Crippen LogP contribution in [0.15, 0.2) is 29.0 Å². The minimum Gasteiger partial charge on any atom is -0.152 e. The molecule has 0 bridgehead atoms. The molecule has 0 N–H and O–H groups in total. The van der Waals surface area contributed by atoms with E-state index >= 15 is 0 Å². The van der Waals surface area contributed by atoms with Crippen molar-refractivity contribution < 1.29 is 0 Å². The van der Waals surface area contributed by atoms with Crippen molar-refractivity contribution in [3.63, 3.8) is 0 Å². The first-order valence-corrected chi connectivity index (χ1v) is 5.10. The molecule has 0 aromatic carbocycles. The molecule has 0 saturated carbocycles. The second-order valence-corrected chi connectivity index (χ2v) is 3.80. The quantitative estimate of drug-likeness (QED) is 0.557. The van der Waals surface area contributed by atoms with Gasteiger partial charge in [-0.1, -0.05) is 12.2 Å². The van der Waals surface area contributed by atoms with E-state index in [4.69, 9.17) is 0 Å². The number of rotatable bonds is 1. The molecule has 0 fully saturated rings. The van der Waals surface area contributed by atoms with Gasteiger partial charge in [-0.25, -0.2) is 0 Å². The Morgan fingerprint density at radius 1 is 1.45 bits per heavy atom. The van der Waals surface area contributed by atoms with E-state index in [1.165, 1.54) is 24.8 Å². The van der Waals surface area contributed by atoms with Crippen LogP contribution in [-0.2, 0) is 0 Å². The summed E-state index contributed by atoms with van der Waals surface area (Å²) in [5.74, 6) is 0.718. The lowest BCUT2D eigenvalue weighted by Crippen LogP contribution is -1.96. The smallest absolute Gasteiger partial charge is 0.00263 e. The molecule has 1 unspecified atom stereocenters. The lowest BCUT2D eigenvalue weighted by molar-refractivity contribution is 0.656. The first-order chi connectivity index (χ1) is 5.47. The van der Waals surface area contributed by atoms with Crippen LogP contribution in [0.25, 0.3) is 0 Å². The number of hydrogen-bond donors (Lipinski definition) is 0. The Morgan fingerprint density at radius 3 is 3.09 bits per heavy atom. The summed E-state index contributed by atoms with van der Waals surface area (Å²) in [6, 6.07) is 2.24. The fraction of sp³-hybridized carbons (Fsp3) is 0.400. The molecule has 1 aliphatic carbocycles. The molecule has 0 spiro atoms. The molecular formula is C10H12S. The number of thiophene rings is 1. The largest absolute Gasteiger partial charge is 0.152 e. The number of allylic oxidation sites excluding steroid dienone is 2. The Labute approximate surface area is 71.6 Å². The summed E-state index contributed by atoms with van der Waals surface area (Å²) in [5, 5.41) is 4.43. The molecule has 1 aromatic rings. The highest BCUT2D eigenvalue weighted by atomic mass is 32.1. The summed E-state index contributed by atoms with van der Waals surface area (Å²) in [6.45, 7) is 0. The van der Waals surface area contributed by atoms with E-state index in [1.807, 2.05) is 0 Å². The first-order valence-electron chi connectivity index (χ1n) is 4.15. The maximum absolute atomic E-state index is 2.35. The summed E-state index contributed by atoms with van der Waals surface area (Å²) in [4.78, 5) is 0. The zero-order valence-corrected chi connectivity index (χ0v) is 7.31. The van der Waals surface area contributed by atoms with E-state index < -0.39 is 0 Å². The summed E-state index contributed by atoms with van der Waals surface area (Å²) < 4.78 is 0. The molecule has 0 amide bonds. The van der Waals surface area contributed by atoms with E-state index in [9.17, 15) is 0 Å². The highest BCUT2D eigenvalue weighted by Gasteiger charge is 2.09. The van der Waals surface area contributed by atoms with E-state index in [-0.39, 0.29) is 0 Å². The summed E-state index contributed by atoms with van der Waals surface area (Å²) in [6.07, 6.45) is 8.64. The van der Waals surface area contributed by atoms with Crippen molar-refractivity contribution in [1.29, 1.82) is 0 Å². The highest BCUT2D eigenvalue weighted by Crippen LogP contribution is 2.28. The monoisotopic (exact) mass is 164 g/mol. The molecule has 0 saturated heterocycles. The summed E-state index contributed by atoms with van der Waals surface area (Å²) in [7, 11) is 0. The summed E-state index contributed by atoms with van der Waals surface area (Å²) >= 11 is 1.80. The molecule has 2 rings (SSSR count). The van der Waals surface area contributed by atoms with Gasteiger partial charge in [-0.15, -0.1) is 0 Å². The van der Waals surface area contributed by atoms with Gasteiger partial charge in [0.15, 0.2) is 0 Å². The lowest BCUT2D eigenvalue weighted by Gasteiger charge is -2.14. The molecule has 11 heavy (non-hydrogen) atoms. The van der Waals surface area contributed by atoms with Gasteiger partial charge in [0.1, 0.15) is 0 Å². The van der Waals surface area contributed by atoms with Crippen LogP contribution in [0.2, 0.25) is 0 Å². The maximum Gasteiger partial charge on any atom is 0.00263 e. The first kappa shape index (κ1) is 7.11. The third kappa shape index (κ3) is 1.54. The maximum atomic E-state index is 2.35. The minimum atomic E-state index is 0.718. The van der Waals surface area contributed by atoms with Crippen molar-refractivity contribution in [3.05, 3.63) is 34.5 Å². The molecule has 58 valence electrons. The van der Waals surface area contributed by atoms with Gasteiger partial charge >= 0.3 is 0 Å². The average Bonchev–Trinajstić information content (AvgIpc) is 2.58. The van der Waals surface area contributed by atoms with Crippen LogP contribution in [0.3, 0.4) is 0 Å². The van der Waals surface area contributed by atoms with Crippen LogP contribution >= 0.6 is 11.3 Å². The molecule has 1 heteroatoms. The second-order valence-electron chi connectivity index (χ2n) is 3.02. The molecule has 0 radical (unpaired) electrons. The van der Waals surface area contributed by atoms with Gasteiger partial charge in [0.2, 0.25) is 0 Å². The molecule has 1 atom stereocenters. The average molecular weight is 164 g/mol. The Kier molecular flexibility index (Phi) is 2.08. The van der Waals surface area contributed by atoms with Crippen molar-refractivity contribution in [3.8, 4) is 0 Å². The fourth-order valence-corrected chi connectivity index (χ4v) is 2.30. The Bertz CT molecular complexity index is 233. The lowest BCUT2D eigenvalue weighted by atomic mass is 9.91. The Morgan fingerprint density at radius 2 is 2.45 bits per heavy atom. The van der Waals surface area contributed by atoms with Gasteiger partial charge < -0.3 is 0 Å². The van der Waals surface area contributed by atoms with E-state index in [1.54, 1.807) is 11.3 Å². The zero-order chi connectivity index (χ0) is 7.52. The van der Waals surface area contributed by atoms with Crippen LogP contribution in [0.1, 0.15) is 30.7 Å². The third-order valence-electron chi connectivity index (χ3n) is 2.23. The van der Waals surface area contributed by atoms with Gasteiger partial charge in [0.25, 0.3) is 0 Å². The van der Waals surface area contributed by atoms with Crippen molar-refractivity contribution >= 4 is 11.3 Å². The molecule has 1 heterocycles. The van der Waals surface area contributed by atoms with E-state index in [0.29, 0.717) is 0 Å². The molecule has 0 aliphatic heterocycles. The van der Waals surface area contributed by atoms with Crippen LogP contribution in [0.5, 0.6) is 0 Å². The molecule has 1 aliphatic rings.